The van der Waals surface area contributed by atoms with E-state index >= 15 is 0 Å². The second-order valence-corrected chi connectivity index (χ2v) is 6.46. The van der Waals surface area contributed by atoms with Crippen molar-refractivity contribution >= 4 is 5.97 Å². The second kappa shape index (κ2) is 6.12. The summed E-state index contributed by atoms with van der Waals surface area (Å²) in [4.78, 5) is 11.5. The number of carbonyl (C=O) groups is 1. The van der Waals surface area contributed by atoms with Gasteiger partial charge in [-0.1, -0.05) is 19.9 Å². The highest BCUT2D eigenvalue weighted by Gasteiger charge is 2.39. The Morgan fingerprint density at radius 1 is 1.29 bits per heavy atom. The molecule has 0 radical (unpaired) electrons. The lowest BCUT2D eigenvalue weighted by atomic mass is 9.68. The summed E-state index contributed by atoms with van der Waals surface area (Å²) in [6.07, 6.45) is 1.82. The number of hydrogen-bond acceptors (Lipinski definition) is 1. The third kappa shape index (κ3) is 3.09. The molecule has 1 aliphatic rings. The first-order chi connectivity index (χ1) is 9.82. The van der Waals surface area contributed by atoms with Crippen molar-refractivity contribution in [1.82, 2.24) is 0 Å². The van der Waals surface area contributed by atoms with E-state index in [4.69, 9.17) is 0 Å². The quantitative estimate of drug-likeness (QED) is 0.890. The van der Waals surface area contributed by atoms with E-state index in [1.807, 2.05) is 0 Å². The minimum atomic E-state index is -0.956. The maximum absolute atomic E-state index is 14.4. The topological polar surface area (TPSA) is 37.3 Å². The molecule has 3 atom stereocenters. The van der Waals surface area contributed by atoms with Crippen LogP contribution >= 0.6 is 0 Å². The summed E-state index contributed by atoms with van der Waals surface area (Å²) in [7, 11) is 0. The maximum Gasteiger partial charge on any atom is 0.307 e. The van der Waals surface area contributed by atoms with Crippen LogP contribution in [0.1, 0.15) is 50.2 Å². The molecule has 1 N–H and O–H groups in total. The molecular weight excluding hydrogens is 274 g/mol. The highest BCUT2D eigenvalue weighted by molar-refractivity contribution is 5.71. The fourth-order valence-electron chi connectivity index (χ4n) is 3.44. The van der Waals surface area contributed by atoms with Gasteiger partial charge in [-0.05, 0) is 49.7 Å². The van der Waals surface area contributed by atoms with Crippen molar-refractivity contribution in [2.24, 2.45) is 17.8 Å². The lowest BCUT2D eigenvalue weighted by molar-refractivity contribution is -0.144. The fourth-order valence-corrected chi connectivity index (χ4v) is 3.44. The molecule has 3 unspecified atom stereocenters. The molecule has 0 aromatic heterocycles. The van der Waals surface area contributed by atoms with Crippen LogP contribution in [-0.2, 0) is 4.79 Å². The second-order valence-electron chi connectivity index (χ2n) is 6.46. The zero-order valence-corrected chi connectivity index (χ0v) is 12.7. The first-order valence-corrected chi connectivity index (χ1v) is 7.50. The van der Waals surface area contributed by atoms with E-state index in [0.29, 0.717) is 30.2 Å². The van der Waals surface area contributed by atoms with E-state index in [0.717, 1.165) is 6.42 Å². The molecule has 0 saturated heterocycles. The lowest BCUT2D eigenvalue weighted by Gasteiger charge is -2.36. The minimum absolute atomic E-state index is 0.0345. The molecule has 21 heavy (non-hydrogen) atoms. The molecule has 0 bridgehead atoms. The number of aliphatic carboxylic acids is 1. The van der Waals surface area contributed by atoms with E-state index in [9.17, 15) is 18.7 Å². The lowest BCUT2D eigenvalue weighted by Crippen LogP contribution is -2.32. The van der Waals surface area contributed by atoms with E-state index in [1.165, 1.54) is 12.1 Å². The van der Waals surface area contributed by atoms with Gasteiger partial charge in [0.25, 0.3) is 0 Å². The molecule has 2 nitrogen and oxygen atoms in total. The van der Waals surface area contributed by atoms with E-state index in [-0.39, 0.29) is 5.56 Å². The normalized spacial score (nSPS) is 26.1. The van der Waals surface area contributed by atoms with Crippen molar-refractivity contribution in [3.63, 3.8) is 0 Å². The third-order valence-electron chi connectivity index (χ3n) is 4.84. The van der Waals surface area contributed by atoms with Crippen LogP contribution in [0.3, 0.4) is 0 Å². The van der Waals surface area contributed by atoms with Crippen LogP contribution in [0, 0.1) is 36.3 Å². The predicted octanol–water partition coefficient (Wildman–Crippen LogP) is 4.51. The van der Waals surface area contributed by atoms with Gasteiger partial charge in [-0.2, -0.15) is 0 Å². The third-order valence-corrected chi connectivity index (χ3v) is 4.84. The van der Waals surface area contributed by atoms with Gasteiger partial charge in [0.1, 0.15) is 11.6 Å². The standard InChI is InChI=1S/C17H22F2O2/c1-9(2)11-5-6-12(17(20)21)13(8-11)15-14(18)7-4-10(3)16(15)19/h4,7,9,11-13H,5-6,8H2,1-3H3,(H,20,21). The van der Waals surface area contributed by atoms with Crippen LogP contribution in [0.15, 0.2) is 12.1 Å². The Morgan fingerprint density at radius 2 is 1.95 bits per heavy atom. The molecule has 0 amide bonds. The molecule has 116 valence electrons. The molecule has 1 aromatic carbocycles. The smallest absolute Gasteiger partial charge is 0.307 e. The van der Waals surface area contributed by atoms with Gasteiger partial charge in [-0.15, -0.1) is 0 Å². The van der Waals surface area contributed by atoms with Crippen molar-refractivity contribution in [2.45, 2.75) is 46.0 Å². The minimum Gasteiger partial charge on any atom is -0.481 e. The molecule has 1 aromatic rings. The molecule has 1 aliphatic carbocycles. The Hall–Kier alpha value is -1.45. The monoisotopic (exact) mass is 296 g/mol. The molecular formula is C17H22F2O2. The molecule has 2 rings (SSSR count). The molecule has 0 spiro atoms. The Kier molecular flexibility index (Phi) is 4.64. The summed E-state index contributed by atoms with van der Waals surface area (Å²) < 4.78 is 28.5. The van der Waals surface area contributed by atoms with Crippen LogP contribution in [0.2, 0.25) is 0 Å². The summed E-state index contributed by atoms with van der Waals surface area (Å²) >= 11 is 0. The zero-order chi connectivity index (χ0) is 15.7. The summed E-state index contributed by atoms with van der Waals surface area (Å²) in [5.41, 5.74) is 0.329. The van der Waals surface area contributed by atoms with E-state index < -0.39 is 29.4 Å². The van der Waals surface area contributed by atoms with Crippen molar-refractivity contribution < 1.29 is 18.7 Å². The van der Waals surface area contributed by atoms with Crippen molar-refractivity contribution in [1.29, 1.82) is 0 Å². The summed E-state index contributed by atoms with van der Waals surface area (Å²) in [5, 5.41) is 9.40. The van der Waals surface area contributed by atoms with Gasteiger partial charge in [0.2, 0.25) is 0 Å². The molecule has 4 heteroatoms. The van der Waals surface area contributed by atoms with Gasteiger partial charge in [0.05, 0.1) is 5.92 Å². The maximum atomic E-state index is 14.4. The van der Waals surface area contributed by atoms with Gasteiger partial charge in [-0.25, -0.2) is 8.78 Å². The number of hydrogen-bond donors (Lipinski definition) is 1. The SMILES string of the molecule is Cc1ccc(F)c(C2CC(C(C)C)CCC2C(=O)O)c1F. The average Bonchev–Trinajstić information content (AvgIpc) is 2.43. The van der Waals surface area contributed by atoms with Crippen LogP contribution in [0.5, 0.6) is 0 Å². The van der Waals surface area contributed by atoms with Gasteiger partial charge in [-0.3, -0.25) is 4.79 Å². The van der Waals surface area contributed by atoms with E-state index in [2.05, 4.69) is 13.8 Å². The van der Waals surface area contributed by atoms with E-state index in [1.54, 1.807) is 6.92 Å². The Labute approximate surface area is 124 Å². The predicted molar refractivity (Wildman–Crippen MR) is 77.1 cm³/mol. The first kappa shape index (κ1) is 15.9. The van der Waals surface area contributed by atoms with Gasteiger partial charge in [0.15, 0.2) is 0 Å². The summed E-state index contributed by atoms with van der Waals surface area (Å²) in [6.45, 7) is 5.73. The van der Waals surface area contributed by atoms with Crippen LogP contribution < -0.4 is 0 Å². The first-order valence-electron chi connectivity index (χ1n) is 7.50. The Bertz CT molecular complexity index is 540. The Balaban J connectivity index is 2.45. The fraction of sp³-hybridized carbons (Fsp3) is 0.588. The largest absolute Gasteiger partial charge is 0.481 e. The van der Waals surface area contributed by atoms with Gasteiger partial charge in [0, 0.05) is 11.5 Å². The van der Waals surface area contributed by atoms with Crippen molar-refractivity contribution in [3.05, 3.63) is 34.9 Å². The van der Waals surface area contributed by atoms with Crippen LogP contribution in [-0.4, -0.2) is 11.1 Å². The van der Waals surface area contributed by atoms with Crippen molar-refractivity contribution in [3.8, 4) is 0 Å². The highest BCUT2D eigenvalue weighted by Crippen LogP contribution is 2.45. The number of carboxylic acids is 1. The Morgan fingerprint density at radius 3 is 2.52 bits per heavy atom. The van der Waals surface area contributed by atoms with Crippen molar-refractivity contribution in [2.75, 3.05) is 0 Å². The molecule has 0 aliphatic heterocycles. The number of aryl methyl sites for hydroxylation is 1. The van der Waals surface area contributed by atoms with Crippen LogP contribution in [0.4, 0.5) is 8.78 Å². The number of carboxylic acid groups (broad SMARTS) is 1. The highest BCUT2D eigenvalue weighted by atomic mass is 19.1. The summed E-state index contributed by atoms with van der Waals surface area (Å²) in [5.74, 6) is -2.76. The molecule has 0 heterocycles. The molecule has 1 saturated carbocycles. The zero-order valence-electron chi connectivity index (χ0n) is 12.7. The van der Waals surface area contributed by atoms with Gasteiger partial charge < -0.3 is 5.11 Å². The van der Waals surface area contributed by atoms with Crippen LogP contribution in [0.25, 0.3) is 0 Å². The summed E-state index contributed by atoms with van der Waals surface area (Å²) in [6, 6.07) is 2.64. The number of rotatable bonds is 3. The average molecular weight is 296 g/mol. The number of halogens is 2. The van der Waals surface area contributed by atoms with Gasteiger partial charge >= 0.3 is 5.97 Å². The number of benzene rings is 1. The molecule has 1 fully saturated rings.